The molecular formula is C18H19BrO2. The molecule has 2 rings (SSSR count). The van der Waals surface area contributed by atoms with Gasteiger partial charge in [-0.15, -0.1) is 0 Å². The summed E-state index contributed by atoms with van der Waals surface area (Å²) in [6.45, 7) is 6.01. The maximum absolute atomic E-state index is 11.9. The summed E-state index contributed by atoms with van der Waals surface area (Å²) in [6, 6.07) is 11.9. The lowest BCUT2D eigenvalue weighted by molar-refractivity contribution is 0.102. The standard InChI is InChI=1S/C18H19BrO2/c1-4-14-5-7-15(8-6-14)21-16-9-12(2)18(13(3)10-16)17(20)11-19/h5-10H,4,11H2,1-3H3. The van der Waals surface area contributed by atoms with E-state index in [1.807, 2.05) is 38.1 Å². The van der Waals surface area contributed by atoms with Crippen LogP contribution in [0.15, 0.2) is 36.4 Å². The van der Waals surface area contributed by atoms with Crippen LogP contribution in [0.1, 0.15) is 34.0 Å². The van der Waals surface area contributed by atoms with E-state index < -0.39 is 0 Å². The predicted molar refractivity (Wildman–Crippen MR) is 89.9 cm³/mol. The zero-order chi connectivity index (χ0) is 15.4. The number of halogens is 1. The Bertz CT molecular complexity index is 622. The van der Waals surface area contributed by atoms with Crippen molar-refractivity contribution in [2.24, 2.45) is 0 Å². The minimum Gasteiger partial charge on any atom is -0.457 e. The van der Waals surface area contributed by atoms with Crippen LogP contribution in [-0.2, 0) is 6.42 Å². The topological polar surface area (TPSA) is 26.3 Å². The average Bonchev–Trinajstić information content (AvgIpc) is 2.47. The lowest BCUT2D eigenvalue weighted by Gasteiger charge is -2.12. The van der Waals surface area contributed by atoms with Gasteiger partial charge in [0, 0.05) is 5.56 Å². The Balaban J connectivity index is 2.26. The van der Waals surface area contributed by atoms with Gasteiger partial charge in [-0.05, 0) is 61.2 Å². The van der Waals surface area contributed by atoms with Crippen molar-refractivity contribution in [3.05, 3.63) is 58.7 Å². The molecule has 0 atom stereocenters. The molecule has 0 heterocycles. The first-order chi connectivity index (χ1) is 10.0. The Labute approximate surface area is 134 Å². The molecule has 0 aliphatic carbocycles. The van der Waals surface area contributed by atoms with Crippen molar-refractivity contribution in [3.8, 4) is 11.5 Å². The third-order valence-electron chi connectivity index (χ3n) is 3.47. The Hall–Kier alpha value is -1.61. The predicted octanol–water partition coefficient (Wildman–Crippen LogP) is 5.24. The fourth-order valence-electron chi connectivity index (χ4n) is 2.42. The van der Waals surface area contributed by atoms with Crippen molar-refractivity contribution in [2.75, 3.05) is 5.33 Å². The highest BCUT2D eigenvalue weighted by atomic mass is 79.9. The van der Waals surface area contributed by atoms with Gasteiger partial charge in [-0.2, -0.15) is 0 Å². The lowest BCUT2D eigenvalue weighted by Crippen LogP contribution is -2.05. The quantitative estimate of drug-likeness (QED) is 0.546. The van der Waals surface area contributed by atoms with Gasteiger partial charge in [0.1, 0.15) is 11.5 Å². The molecule has 21 heavy (non-hydrogen) atoms. The zero-order valence-electron chi connectivity index (χ0n) is 12.6. The first-order valence-electron chi connectivity index (χ1n) is 7.02. The van der Waals surface area contributed by atoms with E-state index in [1.165, 1.54) is 5.56 Å². The second-order valence-corrected chi connectivity index (χ2v) is 5.65. The first kappa shape index (κ1) is 15.8. The highest BCUT2D eigenvalue weighted by molar-refractivity contribution is 9.09. The van der Waals surface area contributed by atoms with Crippen LogP contribution in [0.25, 0.3) is 0 Å². The number of benzene rings is 2. The number of carbonyl (C=O) groups is 1. The number of hydrogen-bond donors (Lipinski definition) is 0. The number of ketones is 1. The van der Waals surface area contributed by atoms with Gasteiger partial charge in [0.15, 0.2) is 5.78 Å². The van der Waals surface area contributed by atoms with Crippen LogP contribution >= 0.6 is 15.9 Å². The third kappa shape index (κ3) is 3.73. The summed E-state index contributed by atoms with van der Waals surface area (Å²) in [5, 5.41) is 0.341. The van der Waals surface area contributed by atoms with Crippen LogP contribution in [0.3, 0.4) is 0 Å². The van der Waals surface area contributed by atoms with Crippen molar-refractivity contribution in [1.82, 2.24) is 0 Å². The lowest BCUT2D eigenvalue weighted by atomic mass is 9.99. The molecule has 0 aliphatic rings. The van der Waals surface area contributed by atoms with Gasteiger partial charge in [0.25, 0.3) is 0 Å². The Morgan fingerprint density at radius 2 is 1.62 bits per heavy atom. The summed E-state index contributed by atoms with van der Waals surface area (Å²) >= 11 is 3.22. The molecule has 0 bridgehead atoms. The molecule has 2 aromatic rings. The molecular weight excluding hydrogens is 328 g/mol. The van der Waals surface area contributed by atoms with Gasteiger partial charge in [-0.25, -0.2) is 0 Å². The summed E-state index contributed by atoms with van der Waals surface area (Å²) < 4.78 is 5.88. The minimum absolute atomic E-state index is 0.101. The Morgan fingerprint density at radius 1 is 1.05 bits per heavy atom. The van der Waals surface area contributed by atoms with Gasteiger partial charge in [0.05, 0.1) is 5.33 Å². The van der Waals surface area contributed by atoms with Crippen LogP contribution in [0.4, 0.5) is 0 Å². The van der Waals surface area contributed by atoms with Crippen molar-refractivity contribution in [3.63, 3.8) is 0 Å². The van der Waals surface area contributed by atoms with Crippen LogP contribution in [-0.4, -0.2) is 11.1 Å². The number of aryl methyl sites for hydroxylation is 3. The van der Waals surface area contributed by atoms with Gasteiger partial charge in [-0.3, -0.25) is 4.79 Å². The molecule has 0 saturated heterocycles. The number of rotatable bonds is 5. The van der Waals surface area contributed by atoms with E-state index >= 15 is 0 Å². The average molecular weight is 347 g/mol. The Kier molecular flexibility index (Phi) is 5.18. The second kappa shape index (κ2) is 6.90. The second-order valence-electron chi connectivity index (χ2n) is 5.09. The molecule has 110 valence electrons. The van der Waals surface area contributed by atoms with Crippen molar-refractivity contribution in [1.29, 1.82) is 0 Å². The highest BCUT2D eigenvalue weighted by Crippen LogP contribution is 2.27. The normalized spacial score (nSPS) is 10.5. The van der Waals surface area contributed by atoms with Crippen molar-refractivity contribution < 1.29 is 9.53 Å². The van der Waals surface area contributed by atoms with Gasteiger partial charge < -0.3 is 4.74 Å². The monoisotopic (exact) mass is 346 g/mol. The minimum atomic E-state index is 0.101. The molecule has 0 amide bonds. The molecule has 3 heteroatoms. The molecule has 0 N–H and O–H groups in total. The van der Waals surface area contributed by atoms with Gasteiger partial charge in [0.2, 0.25) is 0 Å². The van der Waals surface area contributed by atoms with E-state index in [9.17, 15) is 4.79 Å². The molecule has 0 aromatic heterocycles. The van der Waals surface area contributed by atoms with Gasteiger partial charge >= 0.3 is 0 Å². The number of Topliss-reactive ketones (excluding diaryl/α,β-unsaturated/α-hetero) is 1. The van der Waals surface area contributed by atoms with E-state index in [1.54, 1.807) is 0 Å². The van der Waals surface area contributed by atoms with Crippen LogP contribution in [0.2, 0.25) is 0 Å². The number of hydrogen-bond acceptors (Lipinski definition) is 2. The van der Waals surface area contributed by atoms with Crippen LogP contribution in [0, 0.1) is 13.8 Å². The molecule has 0 spiro atoms. The maximum Gasteiger partial charge on any atom is 0.173 e. The smallest absolute Gasteiger partial charge is 0.173 e. The summed E-state index contributed by atoms with van der Waals surface area (Å²) in [4.78, 5) is 11.9. The summed E-state index contributed by atoms with van der Waals surface area (Å²) in [6.07, 6.45) is 1.02. The SMILES string of the molecule is CCc1ccc(Oc2cc(C)c(C(=O)CBr)c(C)c2)cc1. The molecule has 0 fully saturated rings. The number of alkyl halides is 1. The molecule has 2 nitrogen and oxygen atoms in total. The van der Waals surface area contributed by atoms with E-state index in [0.29, 0.717) is 5.33 Å². The third-order valence-corrected chi connectivity index (χ3v) is 3.98. The maximum atomic E-state index is 11.9. The molecule has 0 unspecified atom stereocenters. The fourth-order valence-corrected chi connectivity index (χ4v) is 2.70. The van der Waals surface area contributed by atoms with Crippen LogP contribution in [0.5, 0.6) is 11.5 Å². The van der Waals surface area contributed by atoms with Crippen molar-refractivity contribution >= 4 is 21.7 Å². The summed E-state index contributed by atoms with van der Waals surface area (Å²) in [5.74, 6) is 1.68. The van der Waals surface area contributed by atoms with E-state index in [4.69, 9.17) is 4.74 Å². The summed E-state index contributed by atoms with van der Waals surface area (Å²) in [5.41, 5.74) is 3.95. The molecule has 0 radical (unpaired) electrons. The molecule has 2 aromatic carbocycles. The van der Waals surface area contributed by atoms with Gasteiger partial charge in [-0.1, -0.05) is 35.0 Å². The van der Waals surface area contributed by atoms with Crippen molar-refractivity contribution in [2.45, 2.75) is 27.2 Å². The number of ether oxygens (including phenoxy) is 1. The number of carbonyl (C=O) groups excluding carboxylic acids is 1. The highest BCUT2D eigenvalue weighted by Gasteiger charge is 2.13. The van der Waals surface area contributed by atoms with E-state index in [2.05, 4.69) is 35.0 Å². The summed E-state index contributed by atoms with van der Waals surface area (Å²) in [7, 11) is 0. The first-order valence-corrected chi connectivity index (χ1v) is 8.14. The molecule has 0 aliphatic heterocycles. The van der Waals surface area contributed by atoms with E-state index in [-0.39, 0.29) is 5.78 Å². The zero-order valence-corrected chi connectivity index (χ0v) is 14.2. The van der Waals surface area contributed by atoms with E-state index in [0.717, 1.165) is 34.6 Å². The molecule has 0 saturated carbocycles. The Morgan fingerprint density at radius 3 is 2.10 bits per heavy atom. The van der Waals surface area contributed by atoms with Crippen LogP contribution < -0.4 is 4.74 Å². The fraction of sp³-hybridized carbons (Fsp3) is 0.278. The largest absolute Gasteiger partial charge is 0.457 e.